The summed E-state index contributed by atoms with van der Waals surface area (Å²) in [5.74, 6) is 0.716. The first-order valence-corrected chi connectivity index (χ1v) is 5.00. The Morgan fingerprint density at radius 3 is 2.58 bits per heavy atom. The minimum absolute atomic E-state index is 0.716. The van der Waals surface area contributed by atoms with Gasteiger partial charge in [0.05, 0.1) is 0 Å². The van der Waals surface area contributed by atoms with E-state index in [4.69, 9.17) is 0 Å². The highest BCUT2D eigenvalue weighted by Gasteiger charge is 1.95. The first-order valence-electron chi connectivity index (χ1n) is 5.00. The first-order chi connectivity index (χ1) is 5.66. The highest BCUT2D eigenvalue weighted by molar-refractivity contribution is 5.11. The number of allylic oxidation sites excluding steroid dienone is 3. The van der Waals surface area contributed by atoms with Crippen molar-refractivity contribution in [1.82, 2.24) is 0 Å². The van der Waals surface area contributed by atoms with E-state index in [9.17, 15) is 0 Å². The molecule has 0 radical (unpaired) electrons. The molecular weight excluding hydrogens is 144 g/mol. The average molecular weight is 166 g/mol. The minimum atomic E-state index is 0.716. The van der Waals surface area contributed by atoms with Gasteiger partial charge in [0, 0.05) is 0 Å². The third-order valence-electron chi connectivity index (χ3n) is 1.97. The number of rotatable bonds is 6. The van der Waals surface area contributed by atoms with Crippen LogP contribution in [0.3, 0.4) is 0 Å². The molecule has 0 fully saturated rings. The van der Waals surface area contributed by atoms with Gasteiger partial charge in [0.2, 0.25) is 0 Å². The third kappa shape index (κ3) is 7.59. The molecular formula is C12H22. The van der Waals surface area contributed by atoms with Gasteiger partial charge in [-0.1, -0.05) is 57.4 Å². The van der Waals surface area contributed by atoms with Gasteiger partial charge in [0.1, 0.15) is 0 Å². The van der Waals surface area contributed by atoms with E-state index in [2.05, 4.69) is 32.6 Å². The van der Waals surface area contributed by atoms with Crippen molar-refractivity contribution in [2.75, 3.05) is 0 Å². The van der Waals surface area contributed by atoms with Crippen molar-refractivity contribution in [3.8, 4) is 0 Å². The molecule has 0 heteroatoms. The van der Waals surface area contributed by atoms with Crippen LogP contribution in [0.5, 0.6) is 0 Å². The van der Waals surface area contributed by atoms with E-state index in [-0.39, 0.29) is 0 Å². The second-order valence-corrected chi connectivity index (χ2v) is 3.68. The lowest BCUT2D eigenvalue weighted by Gasteiger charge is -2.04. The zero-order chi connectivity index (χ0) is 9.40. The van der Waals surface area contributed by atoms with Gasteiger partial charge >= 0.3 is 0 Å². The Morgan fingerprint density at radius 1 is 1.42 bits per heavy atom. The number of hydrogen-bond donors (Lipinski definition) is 0. The summed E-state index contributed by atoms with van der Waals surface area (Å²) in [6, 6.07) is 0. The summed E-state index contributed by atoms with van der Waals surface area (Å²) < 4.78 is 0. The predicted molar refractivity (Wildman–Crippen MR) is 57.3 cm³/mol. The first kappa shape index (κ1) is 11.5. The van der Waals surface area contributed by atoms with Gasteiger partial charge in [0.15, 0.2) is 0 Å². The van der Waals surface area contributed by atoms with Gasteiger partial charge < -0.3 is 0 Å². The molecule has 0 rings (SSSR count). The van der Waals surface area contributed by atoms with Gasteiger partial charge in [-0.3, -0.25) is 0 Å². The Kier molecular flexibility index (Phi) is 6.84. The van der Waals surface area contributed by atoms with E-state index < -0.39 is 0 Å². The molecule has 0 amide bonds. The molecule has 0 aromatic heterocycles. The molecule has 1 atom stereocenters. The molecule has 0 aromatic carbocycles. The van der Waals surface area contributed by atoms with Crippen LogP contribution in [0.2, 0.25) is 0 Å². The van der Waals surface area contributed by atoms with Crippen molar-refractivity contribution in [2.45, 2.75) is 46.5 Å². The number of unbranched alkanes of at least 4 members (excludes halogenated alkanes) is 2. The largest absolute Gasteiger partial charge is 0.0961 e. The fraction of sp³-hybridized carbons (Fsp3) is 0.667. The predicted octanol–water partition coefficient (Wildman–Crippen LogP) is 4.34. The van der Waals surface area contributed by atoms with Crippen LogP contribution in [0.1, 0.15) is 46.5 Å². The van der Waals surface area contributed by atoms with E-state index >= 15 is 0 Å². The number of hydrogen-bond acceptors (Lipinski definition) is 0. The maximum Gasteiger partial charge on any atom is -0.0259 e. The van der Waals surface area contributed by atoms with Crippen molar-refractivity contribution >= 4 is 0 Å². The summed E-state index contributed by atoms with van der Waals surface area (Å²) in [6.45, 7) is 10.4. The second kappa shape index (κ2) is 7.15. The normalized spacial score (nSPS) is 13.6. The smallest absolute Gasteiger partial charge is 0.0259 e. The Hall–Kier alpha value is -0.520. The van der Waals surface area contributed by atoms with Gasteiger partial charge in [0.25, 0.3) is 0 Å². The van der Waals surface area contributed by atoms with Crippen LogP contribution >= 0.6 is 0 Å². The van der Waals surface area contributed by atoms with Crippen LogP contribution < -0.4 is 0 Å². The zero-order valence-electron chi connectivity index (χ0n) is 8.77. The molecule has 0 aliphatic rings. The van der Waals surface area contributed by atoms with E-state index in [0.29, 0.717) is 5.92 Å². The van der Waals surface area contributed by atoms with Gasteiger partial charge in [-0.05, 0) is 19.3 Å². The molecule has 0 bridgehead atoms. The molecule has 0 nitrogen and oxygen atoms in total. The lowest BCUT2D eigenvalue weighted by Crippen LogP contribution is -1.89. The molecule has 12 heavy (non-hydrogen) atoms. The van der Waals surface area contributed by atoms with Crippen LogP contribution in [0.15, 0.2) is 24.3 Å². The fourth-order valence-electron chi connectivity index (χ4n) is 1.14. The molecule has 0 saturated carbocycles. The topological polar surface area (TPSA) is 0 Å². The summed E-state index contributed by atoms with van der Waals surface area (Å²) in [4.78, 5) is 0. The monoisotopic (exact) mass is 166 g/mol. The molecule has 0 aromatic rings. The van der Waals surface area contributed by atoms with E-state index in [1.165, 1.54) is 25.7 Å². The van der Waals surface area contributed by atoms with Crippen LogP contribution in [0, 0.1) is 5.92 Å². The molecule has 0 saturated heterocycles. The second-order valence-electron chi connectivity index (χ2n) is 3.68. The molecule has 1 unspecified atom stereocenters. The molecule has 0 aliphatic carbocycles. The molecule has 0 N–H and O–H groups in total. The Labute approximate surface area is 77.4 Å². The van der Waals surface area contributed by atoms with E-state index in [1.807, 2.05) is 6.92 Å². The zero-order valence-corrected chi connectivity index (χ0v) is 8.77. The van der Waals surface area contributed by atoms with Crippen molar-refractivity contribution in [1.29, 1.82) is 0 Å². The van der Waals surface area contributed by atoms with Crippen LogP contribution in [-0.4, -0.2) is 0 Å². The summed E-state index contributed by atoms with van der Waals surface area (Å²) in [6.07, 6.45) is 9.74. The van der Waals surface area contributed by atoms with Crippen molar-refractivity contribution < 1.29 is 0 Å². The standard InChI is InChI=1S/C12H22/c1-5-6-7-8-12(4)10-9-11(2)3/h9-10,12H,2,5-8H2,1,3-4H3. The van der Waals surface area contributed by atoms with Gasteiger partial charge in [-0.2, -0.15) is 0 Å². The Morgan fingerprint density at radius 2 is 2.08 bits per heavy atom. The minimum Gasteiger partial charge on any atom is -0.0961 e. The summed E-state index contributed by atoms with van der Waals surface area (Å²) >= 11 is 0. The van der Waals surface area contributed by atoms with Crippen LogP contribution in [-0.2, 0) is 0 Å². The molecule has 0 aliphatic heterocycles. The van der Waals surface area contributed by atoms with Crippen LogP contribution in [0.25, 0.3) is 0 Å². The highest BCUT2D eigenvalue weighted by atomic mass is 14.0. The van der Waals surface area contributed by atoms with E-state index in [0.717, 1.165) is 5.57 Å². The lowest BCUT2D eigenvalue weighted by atomic mass is 10.0. The van der Waals surface area contributed by atoms with Crippen LogP contribution in [0.4, 0.5) is 0 Å². The average Bonchev–Trinajstić information content (AvgIpc) is 2.01. The fourth-order valence-corrected chi connectivity index (χ4v) is 1.14. The molecule has 70 valence electrons. The highest BCUT2D eigenvalue weighted by Crippen LogP contribution is 2.11. The van der Waals surface area contributed by atoms with Gasteiger partial charge in [-0.25, -0.2) is 0 Å². The summed E-state index contributed by atoms with van der Waals surface area (Å²) in [5, 5.41) is 0. The molecule has 0 spiro atoms. The van der Waals surface area contributed by atoms with Crippen molar-refractivity contribution in [3.63, 3.8) is 0 Å². The maximum absolute atomic E-state index is 3.84. The maximum atomic E-state index is 3.84. The SMILES string of the molecule is C=C(C)C=CC(C)CCCCC. The van der Waals surface area contributed by atoms with Crippen molar-refractivity contribution in [3.05, 3.63) is 24.3 Å². The quantitative estimate of drug-likeness (QED) is 0.407. The summed E-state index contributed by atoms with van der Waals surface area (Å²) in [7, 11) is 0. The van der Waals surface area contributed by atoms with Crippen molar-refractivity contribution in [2.24, 2.45) is 5.92 Å². The van der Waals surface area contributed by atoms with Gasteiger partial charge in [-0.15, -0.1) is 0 Å². The summed E-state index contributed by atoms with van der Waals surface area (Å²) in [5.41, 5.74) is 1.15. The van der Waals surface area contributed by atoms with E-state index in [1.54, 1.807) is 0 Å². The lowest BCUT2D eigenvalue weighted by molar-refractivity contribution is 0.576. The Balaban J connectivity index is 3.45. The Bertz CT molecular complexity index is 142. The third-order valence-corrected chi connectivity index (χ3v) is 1.97. The molecule has 0 heterocycles.